The molecule has 0 spiro atoms. The number of carbonyl (C=O) groups excluding carboxylic acids is 1. The van der Waals surface area contributed by atoms with Gasteiger partial charge in [0, 0.05) is 60.0 Å². The lowest BCUT2D eigenvalue weighted by Gasteiger charge is -2.24. The number of nitrogens with one attached hydrogen (secondary N) is 1. The molecule has 0 unspecified atom stereocenters. The van der Waals surface area contributed by atoms with Crippen molar-refractivity contribution in [3.63, 3.8) is 0 Å². The van der Waals surface area contributed by atoms with Crippen LogP contribution in [0.25, 0.3) is 5.78 Å². The summed E-state index contributed by atoms with van der Waals surface area (Å²) in [5, 5.41) is 3.62. The molecule has 4 atom stereocenters. The van der Waals surface area contributed by atoms with Crippen LogP contribution in [0, 0.1) is 11.8 Å². The molecule has 3 fully saturated rings. The molecular weight excluding hydrogens is 488 g/mol. The number of pyridine rings is 1. The van der Waals surface area contributed by atoms with E-state index in [2.05, 4.69) is 53.9 Å². The molecular formula is C27H27ClN8O. The van der Waals surface area contributed by atoms with Crippen molar-refractivity contribution in [1.29, 1.82) is 0 Å². The van der Waals surface area contributed by atoms with Crippen molar-refractivity contribution < 1.29 is 4.79 Å². The number of halogens is 1. The van der Waals surface area contributed by atoms with Gasteiger partial charge in [0.1, 0.15) is 18.0 Å². The summed E-state index contributed by atoms with van der Waals surface area (Å²) >= 11 is 6.09. The maximum absolute atomic E-state index is 12.9. The summed E-state index contributed by atoms with van der Waals surface area (Å²) in [6.45, 7) is 3.10. The van der Waals surface area contributed by atoms with Crippen LogP contribution < -0.4 is 10.2 Å². The van der Waals surface area contributed by atoms with Gasteiger partial charge >= 0.3 is 0 Å². The summed E-state index contributed by atoms with van der Waals surface area (Å²) in [4.78, 5) is 37.9. The van der Waals surface area contributed by atoms with E-state index in [1.54, 1.807) is 12.3 Å². The van der Waals surface area contributed by atoms with Crippen LogP contribution in [-0.4, -0.2) is 41.8 Å². The van der Waals surface area contributed by atoms with E-state index in [0.717, 1.165) is 42.4 Å². The number of rotatable bonds is 6. The van der Waals surface area contributed by atoms with Crippen LogP contribution >= 0.6 is 11.6 Å². The third kappa shape index (κ3) is 4.41. The summed E-state index contributed by atoms with van der Waals surface area (Å²) in [7, 11) is 0. The van der Waals surface area contributed by atoms with Gasteiger partial charge in [-0.05, 0) is 55.2 Å². The van der Waals surface area contributed by atoms with Crippen molar-refractivity contribution in [2.45, 2.75) is 50.5 Å². The monoisotopic (exact) mass is 514 g/mol. The number of nitrogens with zero attached hydrogens (tertiary/aromatic N) is 7. The Bertz CT molecular complexity index is 1500. The van der Waals surface area contributed by atoms with Crippen LogP contribution in [0.3, 0.4) is 0 Å². The van der Waals surface area contributed by atoms with Crippen molar-refractivity contribution >= 4 is 34.9 Å². The van der Waals surface area contributed by atoms with Crippen molar-refractivity contribution in [2.75, 3.05) is 16.8 Å². The molecule has 0 aromatic carbocycles. The molecule has 1 N–H and O–H groups in total. The van der Waals surface area contributed by atoms with Gasteiger partial charge in [-0.2, -0.15) is 0 Å². The maximum atomic E-state index is 12.9. The average molecular weight is 515 g/mol. The topological polar surface area (TPSA) is 101 Å². The molecule has 7 rings (SSSR count). The highest BCUT2D eigenvalue weighted by Crippen LogP contribution is 2.47. The van der Waals surface area contributed by atoms with Gasteiger partial charge < -0.3 is 10.2 Å². The second-order valence-electron chi connectivity index (χ2n) is 10.6. The summed E-state index contributed by atoms with van der Waals surface area (Å²) in [5.74, 6) is 3.05. The predicted molar refractivity (Wildman–Crippen MR) is 140 cm³/mol. The highest BCUT2D eigenvalue weighted by Gasteiger charge is 2.45. The Morgan fingerprint density at radius 2 is 1.97 bits per heavy atom. The fourth-order valence-corrected chi connectivity index (χ4v) is 5.68. The van der Waals surface area contributed by atoms with Gasteiger partial charge in [0.25, 0.3) is 0 Å². The van der Waals surface area contributed by atoms with Crippen LogP contribution in [-0.2, 0) is 4.79 Å². The number of hydrogen-bond acceptors (Lipinski definition) is 7. The van der Waals surface area contributed by atoms with Crippen molar-refractivity contribution in [1.82, 2.24) is 29.3 Å². The van der Waals surface area contributed by atoms with Crippen LogP contribution in [0.4, 0.5) is 11.6 Å². The van der Waals surface area contributed by atoms with Gasteiger partial charge in [-0.15, -0.1) is 0 Å². The fourth-order valence-electron chi connectivity index (χ4n) is 5.51. The Hall–Kier alpha value is -3.59. The van der Waals surface area contributed by atoms with E-state index in [0.29, 0.717) is 22.7 Å². The van der Waals surface area contributed by atoms with Crippen molar-refractivity contribution in [3.8, 4) is 0 Å². The fraction of sp³-hybridized carbons (Fsp3) is 0.407. The van der Waals surface area contributed by atoms with Gasteiger partial charge in [-0.3, -0.25) is 14.2 Å². The average Bonchev–Trinajstić information content (AvgIpc) is 3.81. The zero-order valence-corrected chi connectivity index (χ0v) is 21.2. The van der Waals surface area contributed by atoms with Crippen LogP contribution in [0.1, 0.15) is 67.4 Å². The smallest absolute Gasteiger partial charge is 0.234 e. The predicted octanol–water partition coefficient (Wildman–Crippen LogP) is 4.77. The Balaban J connectivity index is 1.09. The number of anilines is 2. The normalized spacial score (nSPS) is 25.0. The van der Waals surface area contributed by atoms with E-state index in [4.69, 9.17) is 16.6 Å². The largest absolute Gasteiger partial charge is 0.347 e. The van der Waals surface area contributed by atoms with Gasteiger partial charge in [0.05, 0.1) is 11.7 Å². The number of aromatic nitrogens is 6. The van der Waals surface area contributed by atoms with Gasteiger partial charge in [0.15, 0.2) is 0 Å². The van der Waals surface area contributed by atoms with Crippen molar-refractivity contribution in [3.05, 3.63) is 71.3 Å². The van der Waals surface area contributed by atoms with E-state index >= 15 is 0 Å². The minimum Gasteiger partial charge on any atom is -0.347 e. The Morgan fingerprint density at radius 3 is 2.81 bits per heavy atom. The lowest BCUT2D eigenvalue weighted by atomic mass is 10.1. The van der Waals surface area contributed by atoms with Crippen LogP contribution in [0.2, 0.25) is 5.02 Å². The molecule has 5 heterocycles. The lowest BCUT2D eigenvalue weighted by Crippen LogP contribution is -2.25. The summed E-state index contributed by atoms with van der Waals surface area (Å²) in [6.07, 6.45) is 13.6. The van der Waals surface area contributed by atoms with E-state index in [-0.39, 0.29) is 23.8 Å². The molecule has 2 saturated carbocycles. The zero-order valence-electron chi connectivity index (χ0n) is 20.5. The lowest BCUT2D eigenvalue weighted by molar-refractivity contribution is -0.117. The third-order valence-corrected chi connectivity index (χ3v) is 7.93. The third-order valence-electron chi connectivity index (χ3n) is 7.70. The molecule has 10 heteroatoms. The molecule has 4 aromatic heterocycles. The Labute approximate surface area is 219 Å². The Morgan fingerprint density at radius 1 is 1.08 bits per heavy atom. The quantitative estimate of drug-likeness (QED) is 0.395. The summed E-state index contributed by atoms with van der Waals surface area (Å²) in [6, 6.07) is 5.52. The van der Waals surface area contributed by atoms with E-state index < -0.39 is 0 Å². The first-order valence-corrected chi connectivity index (χ1v) is 13.2. The zero-order chi connectivity index (χ0) is 25.1. The van der Waals surface area contributed by atoms with E-state index in [1.165, 1.54) is 24.7 Å². The molecule has 3 aliphatic rings. The summed E-state index contributed by atoms with van der Waals surface area (Å²) in [5.41, 5.74) is 3.13. The molecule has 1 aliphatic heterocycles. The minimum absolute atomic E-state index is 0.0549. The second-order valence-corrected chi connectivity index (χ2v) is 11.1. The maximum Gasteiger partial charge on any atom is 0.234 e. The van der Waals surface area contributed by atoms with Crippen molar-refractivity contribution in [2.24, 2.45) is 11.8 Å². The first kappa shape index (κ1) is 22.6. The van der Waals surface area contributed by atoms with Gasteiger partial charge in [-0.25, -0.2) is 19.9 Å². The van der Waals surface area contributed by atoms with Crippen LogP contribution in [0.5, 0.6) is 0 Å². The number of hydrogen-bond donors (Lipinski definition) is 1. The Kier molecular flexibility index (Phi) is 5.35. The number of imidazole rings is 1. The first-order chi connectivity index (χ1) is 18.0. The standard InChI is InChI=1S/C27H27ClN8O/c1-15-6-23(22-13-35-12-17(16-2-3-16)10-30-27(35)33-22)36(11-15)25-9-24(31-14-32-25)34-26(37)20-8-19(20)21-7-18(28)4-5-29-21/h4-5,7,9-10,12-16,19-20,23H,2-3,6,8,11H2,1H3,(H,31,32,34,37)/t15-,19-,20-,23+/m0/s1. The molecule has 1 amide bonds. The molecule has 4 aromatic rings. The minimum atomic E-state index is -0.130. The van der Waals surface area contributed by atoms with Gasteiger partial charge in [-0.1, -0.05) is 18.5 Å². The number of carbonyl (C=O) groups is 1. The first-order valence-electron chi connectivity index (χ1n) is 12.9. The molecule has 0 bridgehead atoms. The van der Waals surface area contributed by atoms with E-state index in [1.807, 2.05) is 18.3 Å². The summed E-state index contributed by atoms with van der Waals surface area (Å²) < 4.78 is 2.05. The number of fused-ring (bicyclic) bond motifs is 1. The molecule has 1 saturated heterocycles. The van der Waals surface area contributed by atoms with Gasteiger partial charge in [0.2, 0.25) is 11.7 Å². The SMILES string of the molecule is C[C@H]1C[C@H](c2cn3cc(C4CC4)cnc3n2)N(c2cc(NC(=O)[C@H]3C[C@@H]3c3cc(Cl)ccn3)ncn2)C1. The number of amides is 1. The molecule has 37 heavy (non-hydrogen) atoms. The highest BCUT2D eigenvalue weighted by atomic mass is 35.5. The second kappa shape index (κ2) is 8.76. The molecule has 188 valence electrons. The molecule has 2 aliphatic carbocycles. The van der Waals surface area contributed by atoms with Crippen LogP contribution in [0.15, 0.2) is 49.3 Å². The molecule has 0 radical (unpaired) electrons. The van der Waals surface area contributed by atoms with E-state index in [9.17, 15) is 4.79 Å². The molecule has 9 nitrogen and oxygen atoms in total. The highest BCUT2D eigenvalue weighted by molar-refractivity contribution is 6.30.